The average molecular weight is 334 g/mol. The van der Waals surface area contributed by atoms with Gasteiger partial charge in [0.2, 0.25) is 5.95 Å². The van der Waals surface area contributed by atoms with Gasteiger partial charge in [0, 0.05) is 30.0 Å². The van der Waals surface area contributed by atoms with Crippen LogP contribution in [-0.2, 0) is 0 Å². The summed E-state index contributed by atoms with van der Waals surface area (Å²) in [6.45, 7) is 3.46. The van der Waals surface area contributed by atoms with Crippen molar-refractivity contribution < 1.29 is 4.79 Å². The Bertz CT molecular complexity index is 690. The van der Waals surface area contributed by atoms with Gasteiger partial charge in [-0.2, -0.15) is 0 Å². The van der Waals surface area contributed by atoms with Crippen LogP contribution in [0.2, 0.25) is 5.02 Å². The summed E-state index contributed by atoms with van der Waals surface area (Å²) in [7, 11) is 3.97. The van der Waals surface area contributed by atoms with E-state index in [-0.39, 0.29) is 5.91 Å². The third-order valence-corrected chi connectivity index (χ3v) is 3.57. The first kappa shape index (κ1) is 17.2. The molecule has 2 aromatic rings. The molecule has 2 N–H and O–H groups in total. The zero-order valence-electron chi connectivity index (χ0n) is 13.4. The molecule has 0 unspecified atom stereocenters. The van der Waals surface area contributed by atoms with Crippen molar-refractivity contribution in [3.8, 4) is 0 Å². The Balaban J connectivity index is 2.02. The predicted octanol–water partition coefficient (Wildman–Crippen LogP) is 2.66. The standard InChI is InChI=1S/C16H20ClN5O/c1-11-4-5-12(10-13(11)17)20-15(23)14-6-7-18-16(21-14)19-8-9-22(2)3/h4-7,10H,8-9H2,1-3H3,(H,20,23)(H,18,19,21). The smallest absolute Gasteiger partial charge is 0.274 e. The van der Waals surface area contributed by atoms with Crippen LogP contribution in [0.5, 0.6) is 0 Å². The van der Waals surface area contributed by atoms with Crippen molar-refractivity contribution in [1.29, 1.82) is 0 Å². The summed E-state index contributed by atoms with van der Waals surface area (Å²) in [5.41, 5.74) is 1.88. The van der Waals surface area contributed by atoms with Gasteiger partial charge in [-0.05, 0) is 44.8 Å². The van der Waals surface area contributed by atoms with E-state index in [9.17, 15) is 4.79 Å². The summed E-state index contributed by atoms with van der Waals surface area (Å²) >= 11 is 6.06. The molecule has 1 amide bonds. The van der Waals surface area contributed by atoms with E-state index >= 15 is 0 Å². The zero-order chi connectivity index (χ0) is 16.8. The number of benzene rings is 1. The third-order valence-electron chi connectivity index (χ3n) is 3.16. The molecular weight excluding hydrogens is 314 g/mol. The molecule has 7 heteroatoms. The number of anilines is 2. The van der Waals surface area contributed by atoms with Crippen molar-refractivity contribution in [1.82, 2.24) is 14.9 Å². The first-order valence-electron chi connectivity index (χ1n) is 7.25. The highest BCUT2D eigenvalue weighted by Gasteiger charge is 2.10. The molecule has 1 heterocycles. The van der Waals surface area contributed by atoms with Gasteiger partial charge < -0.3 is 15.5 Å². The minimum absolute atomic E-state index is 0.295. The maximum absolute atomic E-state index is 12.3. The van der Waals surface area contributed by atoms with Crippen LogP contribution >= 0.6 is 11.6 Å². The summed E-state index contributed by atoms with van der Waals surface area (Å²) in [6, 6.07) is 6.94. The summed E-state index contributed by atoms with van der Waals surface area (Å²) in [6.07, 6.45) is 1.56. The molecule has 0 aliphatic heterocycles. The van der Waals surface area contributed by atoms with Gasteiger partial charge in [-0.3, -0.25) is 4.79 Å². The Morgan fingerprint density at radius 1 is 1.30 bits per heavy atom. The molecule has 0 saturated carbocycles. The average Bonchev–Trinajstić information content (AvgIpc) is 2.51. The lowest BCUT2D eigenvalue weighted by Crippen LogP contribution is -2.22. The first-order valence-corrected chi connectivity index (χ1v) is 7.62. The predicted molar refractivity (Wildman–Crippen MR) is 93.2 cm³/mol. The monoisotopic (exact) mass is 333 g/mol. The SMILES string of the molecule is Cc1ccc(NC(=O)c2ccnc(NCCN(C)C)n2)cc1Cl. The van der Waals surface area contributed by atoms with Crippen molar-refractivity contribution >= 4 is 29.1 Å². The number of aromatic nitrogens is 2. The maximum atomic E-state index is 12.3. The van der Waals surface area contributed by atoms with E-state index in [4.69, 9.17) is 11.6 Å². The fraction of sp³-hybridized carbons (Fsp3) is 0.312. The Morgan fingerprint density at radius 2 is 2.09 bits per heavy atom. The highest BCUT2D eigenvalue weighted by atomic mass is 35.5. The Labute approximate surface area is 140 Å². The van der Waals surface area contributed by atoms with Crippen LogP contribution in [0.4, 0.5) is 11.6 Å². The Morgan fingerprint density at radius 3 is 2.78 bits per heavy atom. The summed E-state index contributed by atoms with van der Waals surface area (Å²) < 4.78 is 0. The number of rotatable bonds is 6. The fourth-order valence-electron chi connectivity index (χ4n) is 1.83. The van der Waals surface area contributed by atoms with Gasteiger partial charge in [-0.15, -0.1) is 0 Å². The minimum atomic E-state index is -0.303. The summed E-state index contributed by atoms with van der Waals surface area (Å²) in [4.78, 5) is 22.6. The second-order valence-corrected chi connectivity index (χ2v) is 5.82. The molecule has 1 aromatic carbocycles. The molecule has 0 aliphatic carbocycles. The van der Waals surface area contributed by atoms with E-state index in [0.717, 1.165) is 12.1 Å². The van der Waals surface area contributed by atoms with Crippen LogP contribution in [0.1, 0.15) is 16.1 Å². The summed E-state index contributed by atoms with van der Waals surface area (Å²) in [5.74, 6) is 0.129. The van der Waals surface area contributed by atoms with Gasteiger partial charge in [0.25, 0.3) is 5.91 Å². The first-order chi connectivity index (χ1) is 11.0. The molecule has 122 valence electrons. The van der Waals surface area contributed by atoms with Gasteiger partial charge in [0.05, 0.1) is 0 Å². The van der Waals surface area contributed by atoms with Crippen LogP contribution < -0.4 is 10.6 Å². The number of nitrogens with one attached hydrogen (secondary N) is 2. The molecule has 0 aliphatic rings. The molecule has 1 aromatic heterocycles. The zero-order valence-corrected chi connectivity index (χ0v) is 14.2. The molecule has 0 fully saturated rings. The number of carbonyl (C=O) groups is 1. The quantitative estimate of drug-likeness (QED) is 0.850. The number of hydrogen-bond donors (Lipinski definition) is 2. The number of nitrogens with zero attached hydrogens (tertiary/aromatic N) is 3. The lowest BCUT2D eigenvalue weighted by atomic mass is 10.2. The van der Waals surface area contributed by atoms with Crippen LogP contribution in [-0.4, -0.2) is 48.0 Å². The minimum Gasteiger partial charge on any atom is -0.353 e. The number of halogens is 1. The number of carbonyl (C=O) groups excluding carboxylic acids is 1. The molecule has 0 bridgehead atoms. The topological polar surface area (TPSA) is 70.2 Å². The van der Waals surface area contributed by atoms with Gasteiger partial charge >= 0.3 is 0 Å². The molecule has 0 atom stereocenters. The van der Waals surface area contributed by atoms with Gasteiger partial charge in [-0.1, -0.05) is 17.7 Å². The van der Waals surface area contributed by atoms with Crippen LogP contribution in [0.3, 0.4) is 0 Å². The Hall–Kier alpha value is -2.18. The lowest BCUT2D eigenvalue weighted by molar-refractivity contribution is 0.102. The molecule has 0 radical (unpaired) electrons. The van der Waals surface area contributed by atoms with E-state index in [1.807, 2.05) is 32.0 Å². The largest absolute Gasteiger partial charge is 0.353 e. The molecule has 2 rings (SSSR count). The molecule has 23 heavy (non-hydrogen) atoms. The Kier molecular flexibility index (Phi) is 5.90. The highest BCUT2D eigenvalue weighted by Crippen LogP contribution is 2.20. The van der Waals surface area contributed by atoms with Crippen LogP contribution in [0, 0.1) is 6.92 Å². The van der Waals surface area contributed by atoms with E-state index in [2.05, 4.69) is 20.6 Å². The number of hydrogen-bond acceptors (Lipinski definition) is 5. The van der Waals surface area contributed by atoms with Gasteiger partial charge in [0.1, 0.15) is 5.69 Å². The van der Waals surface area contributed by atoms with E-state index in [0.29, 0.717) is 28.9 Å². The lowest BCUT2D eigenvalue weighted by Gasteiger charge is -2.11. The van der Waals surface area contributed by atoms with Gasteiger partial charge in [0.15, 0.2) is 0 Å². The number of amides is 1. The molecule has 6 nitrogen and oxygen atoms in total. The second-order valence-electron chi connectivity index (χ2n) is 5.41. The van der Waals surface area contributed by atoms with Crippen LogP contribution in [0.25, 0.3) is 0 Å². The maximum Gasteiger partial charge on any atom is 0.274 e. The van der Waals surface area contributed by atoms with Crippen LogP contribution in [0.15, 0.2) is 30.5 Å². The van der Waals surface area contributed by atoms with Crippen molar-refractivity contribution in [2.24, 2.45) is 0 Å². The molecular formula is C16H20ClN5O. The number of likely N-dealkylation sites (N-methyl/N-ethyl adjacent to an activating group) is 1. The van der Waals surface area contributed by atoms with E-state index in [1.54, 1.807) is 24.4 Å². The molecule has 0 saturated heterocycles. The van der Waals surface area contributed by atoms with Crippen molar-refractivity contribution in [2.45, 2.75) is 6.92 Å². The van der Waals surface area contributed by atoms with Gasteiger partial charge in [-0.25, -0.2) is 9.97 Å². The summed E-state index contributed by atoms with van der Waals surface area (Å²) in [5, 5.41) is 6.47. The van der Waals surface area contributed by atoms with E-state index < -0.39 is 0 Å². The molecule has 0 spiro atoms. The van der Waals surface area contributed by atoms with Crippen molar-refractivity contribution in [2.75, 3.05) is 37.8 Å². The highest BCUT2D eigenvalue weighted by molar-refractivity contribution is 6.31. The normalized spacial score (nSPS) is 10.7. The second kappa shape index (κ2) is 7.89. The third kappa shape index (κ3) is 5.19. The fourth-order valence-corrected chi connectivity index (χ4v) is 2.01. The number of aryl methyl sites for hydroxylation is 1. The van der Waals surface area contributed by atoms with Crippen molar-refractivity contribution in [3.63, 3.8) is 0 Å². The van der Waals surface area contributed by atoms with Crippen molar-refractivity contribution in [3.05, 3.63) is 46.7 Å². The van der Waals surface area contributed by atoms with E-state index in [1.165, 1.54) is 0 Å².